The minimum Gasteiger partial charge on any atom is -0.478 e. The van der Waals surface area contributed by atoms with E-state index in [0.29, 0.717) is 0 Å². The molecule has 0 aliphatic carbocycles. The summed E-state index contributed by atoms with van der Waals surface area (Å²) in [6.45, 7) is 5.18. The maximum absolute atomic E-state index is 10.5. The minimum absolute atomic E-state index is 0.256. The Kier molecular flexibility index (Phi) is 17.0. The van der Waals surface area contributed by atoms with Gasteiger partial charge in [0, 0.05) is 12.2 Å². The number of rotatable bonds is 6. The van der Waals surface area contributed by atoms with Crippen molar-refractivity contribution in [1.29, 1.82) is 0 Å². The topological polar surface area (TPSA) is 149 Å². The van der Waals surface area contributed by atoms with E-state index in [9.17, 15) is 18.0 Å². The van der Waals surface area contributed by atoms with Crippen molar-refractivity contribution in [3.05, 3.63) is 25.3 Å². The van der Waals surface area contributed by atoms with Crippen LogP contribution in [0.25, 0.3) is 0 Å². The molecule has 4 N–H and O–H groups in total. The van der Waals surface area contributed by atoms with E-state index < -0.39 is 21.8 Å². The molecule has 0 fully saturated rings. The molecule has 0 amide bonds. The van der Waals surface area contributed by atoms with Crippen molar-refractivity contribution in [3.63, 3.8) is 0 Å². The van der Waals surface area contributed by atoms with Crippen molar-refractivity contribution in [2.45, 2.75) is 0 Å². The fraction of sp³-hybridized carbons (Fsp3) is 0.400. The summed E-state index contributed by atoms with van der Waals surface area (Å²) in [4.78, 5) is 18.5. The molecule has 0 radical (unpaired) electrons. The van der Waals surface area contributed by atoms with Crippen molar-refractivity contribution in [3.8, 4) is 0 Å². The van der Waals surface area contributed by atoms with Gasteiger partial charge in [-0.3, -0.25) is 0 Å². The lowest BCUT2D eigenvalue weighted by Crippen LogP contribution is -2.15. The number of aliphatic hydroxyl groups is 2. The lowest BCUT2D eigenvalue weighted by molar-refractivity contribution is -0.132. The van der Waals surface area contributed by atoms with Crippen LogP contribution in [-0.2, 0) is 19.4 Å². The number of hydrogen-bond donors (Lipinski definition) is 4. The van der Waals surface area contributed by atoms with Crippen LogP contribution in [0.2, 0.25) is 0 Å². The van der Waals surface area contributed by atoms with Gasteiger partial charge in [-0.15, -0.1) is 0 Å². The fourth-order valence-electron chi connectivity index (χ4n) is 0.380. The largest absolute Gasteiger partial charge is 0.478 e. The van der Waals surface area contributed by atoms with Gasteiger partial charge in [-0.1, -0.05) is 13.2 Å². The number of carboxylic acid groups (broad SMARTS) is 2. The zero-order valence-corrected chi connectivity index (χ0v) is 11.0. The Hall–Kier alpha value is -1.71. The first-order valence-corrected chi connectivity index (χ1v) is 6.61. The number of carboxylic acids is 2. The number of sulfone groups is 1. The average Bonchev–Trinajstić information content (AvgIpc) is 2.30. The molecular formula is C10H18O8S. The highest BCUT2D eigenvalue weighted by Gasteiger charge is 2.06. The SMILES string of the molecule is C=CC(=O)O.C=CC(=O)O.O=S(=O)(CCO)CCO. The van der Waals surface area contributed by atoms with Gasteiger partial charge >= 0.3 is 11.9 Å². The Labute approximate surface area is 111 Å². The van der Waals surface area contributed by atoms with Gasteiger partial charge < -0.3 is 20.4 Å². The molecule has 0 aliphatic rings. The highest BCUT2D eigenvalue weighted by molar-refractivity contribution is 7.91. The molecule has 0 saturated carbocycles. The highest BCUT2D eigenvalue weighted by atomic mass is 32.2. The monoisotopic (exact) mass is 298 g/mol. The van der Waals surface area contributed by atoms with Crippen LogP contribution in [-0.4, -0.2) is 65.5 Å². The molecule has 0 aromatic carbocycles. The van der Waals surface area contributed by atoms with E-state index in [2.05, 4.69) is 13.2 Å². The zero-order valence-electron chi connectivity index (χ0n) is 10.2. The van der Waals surface area contributed by atoms with Crippen molar-refractivity contribution >= 4 is 21.8 Å². The number of hydrogen-bond acceptors (Lipinski definition) is 6. The van der Waals surface area contributed by atoms with E-state index in [1.807, 2.05) is 0 Å². The highest BCUT2D eigenvalue weighted by Crippen LogP contribution is 1.86. The van der Waals surface area contributed by atoms with Crippen LogP contribution in [0.15, 0.2) is 25.3 Å². The molecule has 0 atom stereocenters. The summed E-state index contributed by atoms with van der Waals surface area (Å²) in [6, 6.07) is 0. The molecule has 0 rings (SSSR count). The van der Waals surface area contributed by atoms with Crippen LogP contribution in [0.5, 0.6) is 0 Å². The Morgan fingerprint density at radius 3 is 1.21 bits per heavy atom. The Morgan fingerprint density at radius 1 is 0.895 bits per heavy atom. The van der Waals surface area contributed by atoms with Gasteiger partial charge in [0.05, 0.1) is 24.7 Å². The summed E-state index contributed by atoms with van der Waals surface area (Å²) in [7, 11) is -3.18. The third kappa shape index (κ3) is 31.4. The molecule has 0 bridgehead atoms. The van der Waals surface area contributed by atoms with Gasteiger partial charge in [0.25, 0.3) is 0 Å². The molecule has 0 spiro atoms. The Balaban J connectivity index is -0.000000219. The van der Waals surface area contributed by atoms with E-state index in [-0.39, 0.29) is 24.7 Å². The predicted molar refractivity (Wildman–Crippen MR) is 68.5 cm³/mol. The van der Waals surface area contributed by atoms with Crippen molar-refractivity contribution in [1.82, 2.24) is 0 Å². The molecule has 19 heavy (non-hydrogen) atoms. The van der Waals surface area contributed by atoms with E-state index in [0.717, 1.165) is 12.2 Å². The maximum Gasteiger partial charge on any atom is 0.327 e. The second-order valence-electron chi connectivity index (χ2n) is 2.68. The van der Waals surface area contributed by atoms with E-state index in [1.54, 1.807) is 0 Å². The van der Waals surface area contributed by atoms with E-state index in [4.69, 9.17) is 20.4 Å². The molecular weight excluding hydrogens is 280 g/mol. The molecule has 0 unspecified atom stereocenters. The lowest BCUT2D eigenvalue weighted by Gasteiger charge is -1.96. The molecule has 8 nitrogen and oxygen atoms in total. The smallest absolute Gasteiger partial charge is 0.327 e. The van der Waals surface area contributed by atoms with Crippen molar-refractivity contribution in [2.24, 2.45) is 0 Å². The van der Waals surface area contributed by atoms with Crippen LogP contribution in [0, 0.1) is 0 Å². The molecule has 112 valence electrons. The third-order valence-electron chi connectivity index (χ3n) is 1.15. The first-order valence-electron chi connectivity index (χ1n) is 4.79. The van der Waals surface area contributed by atoms with Gasteiger partial charge in [-0.2, -0.15) is 0 Å². The number of aliphatic hydroxyl groups excluding tert-OH is 2. The van der Waals surface area contributed by atoms with Crippen LogP contribution < -0.4 is 0 Å². The van der Waals surface area contributed by atoms with Crippen molar-refractivity contribution in [2.75, 3.05) is 24.7 Å². The summed E-state index contributed by atoms with van der Waals surface area (Å²) in [5.41, 5.74) is 0. The van der Waals surface area contributed by atoms with Crippen LogP contribution in [0.3, 0.4) is 0 Å². The average molecular weight is 298 g/mol. The van der Waals surface area contributed by atoms with Gasteiger partial charge in [-0.05, 0) is 0 Å². The quantitative estimate of drug-likeness (QED) is 0.451. The normalized spacial score (nSPS) is 8.95. The van der Waals surface area contributed by atoms with E-state index in [1.165, 1.54) is 0 Å². The summed E-state index contributed by atoms with van der Waals surface area (Å²) < 4.78 is 21.0. The number of aliphatic carboxylic acids is 2. The second kappa shape index (κ2) is 14.4. The molecule has 0 aromatic rings. The molecule has 0 saturated heterocycles. The number of carbonyl (C=O) groups is 2. The summed E-state index contributed by atoms with van der Waals surface area (Å²) in [5, 5.41) is 31.5. The Morgan fingerprint density at radius 2 is 1.11 bits per heavy atom. The molecule has 0 aliphatic heterocycles. The van der Waals surface area contributed by atoms with E-state index >= 15 is 0 Å². The van der Waals surface area contributed by atoms with Gasteiger partial charge in [0.2, 0.25) is 0 Å². The van der Waals surface area contributed by atoms with Crippen LogP contribution in [0.4, 0.5) is 0 Å². The Bertz CT molecular complexity index is 341. The fourth-order valence-corrected chi connectivity index (χ4v) is 1.14. The van der Waals surface area contributed by atoms with Crippen molar-refractivity contribution < 1.29 is 38.4 Å². The first-order chi connectivity index (χ1) is 8.66. The molecule has 9 heteroatoms. The predicted octanol–water partition coefficient (Wildman–Crippen LogP) is -1.10. The van der Waals surface area contributed by atoms with Crippen LogP contribution in [0.1, 0.15) is 0 Å². The van der Waals surface area contributed by atoms with Gasteiger partial charge in [0.1, 0.15) is 0 Å². The second-order valence-corrected chi connectivity index (χ2v) is 4.99. The standard InChI is InChI=1S/C4H10O4S.2C3H4O2/c5-1-3-9(7,8)4-2-6;2*1-2-3(4)5/h5-6H,1-4H2;2*2H,1H2,(H,4,5). The van der Waals surface area contributed by atoms with Gasteiger partial charge in [-0.25, -0.2) is 18.0 Å². The third-order valence-corrected chi connectivity index (χ3v) is 2.76. The minimum atomic E-state index is -3.18. The molecule has 0 aromatic heterocycles. The van der Waals surface area contributed by atoms with Crippen LogP contribution >= 0.6 is 0 Å². The zero-order chi connectivity index (χ0) is 15.9. The first kappa shape index (κ1) is 22.5. The maximum atomic E-state index is 10.5. The van der Waals surface area contributed by atoms with Gasteiger partial charge in [0.15, 0.2) is 9.84 Å². The molecule has 0 heterocycles. The summed E-state index contributed by atoms with van der Waals surface area (Å²) >= 11 is 0. The summed E-state index contributed by atoms with van der Waals surface area (Å²) in [6.07, 6.45) is 1.67. The summed E-state index contributed by atoms with van der Waals surface area (Å²) in [5.74, 6) is -2.48. The lowest BCUT2D eigenvalue weighted by atomic mass is 10.7.